The van der Waals surface area contributed by atoms with Gasteiger partial charge in [0, 0.05) is 14.1 Å². The summed E-state index contributed by atoms with van der Waals surface area (Å²) in [6, 6.07) is 0. The minimum Gasteiger partial charge on any atom is -0.394 e. The van der Waals surface area contributed by atoms with Crippen molar-refractivity contribution in [3.8, 4) is 0 Å². The molecule has 0 saturated carbocycles. The van der Waals surface area contributed by atoms with Crippen LogP contribution in [0.25, 0.3) is 21.4 Å². The molecule has 3 rings (SSSR count). The standard InChI is InChI=1S/C14H18N6O4S/c1-15-10-7-9(20(2)6-16-7)8-12(18-10)25-13(17-8)11(24)19-14(3-21,4-22)5-23/h6,21-23H,3-5H2,1-2H3,(H,15,18)(H,19,24). The van der Waals surface area contributed by atoms with Crippen LogP contribution < -0.4 is 10.6 Å². The van der Waals surface area contributed by atoms with E-state index in [1.165, 1.54) is 0 Å². The molecule has 0 aliphatic heterocycles. The van der Waals surface area contributed by atoms with E-state index in [1.807, 2.05) is 7.05 Å². The maximum Gasteiger partial charge on any atom is 0.281 e. The molecule has 0 unspecified atom stereocenters. The average molecular weight is 366 g/mol. The van der Waals surface area contributed by atoms with E-state index in [1.54, 1.807) is 17.9 Å². The number of hydrogen-bond donors (Lipinski definition) is 5. The lowest BCUT2D eigenvalue weighted by Gasteiger charge is -2.28. The van der Waals surface area contributed by atoms with Crippen LogP contribution in [-0.4, -0.2) is 73.2 Å². The van der Waals surface area contributed by atoms with E-state index < -0.39 is 31.3 Å². The van der Waals surface area contributed by atoms with Gasteiger partial charge in [0.25, 0.3) is 5.91 Å². The van der Waals surface area contributed by atoms with Crippen molar-refractivity contribution in [3.63, 3.8) is 0 Å². The number of amides is 1. The molecule has 0 bridgehead atoms. The summed E-state index contributed by atoms with van der Waals surface area (Å²) in [5, 5.41) is 33.6. The topological polar surface area (TPSA) is 145 Å². The SMILES string of the molecule is CNc1nc2sc(C(=O)NC(CO)(CO)CO)nc2c2c1ncn2C. The highest BCUT2D eigenvalue weighted by atomic mass is 32.1. The molecule has 0 aromatic carbocycles. The van der Waals surface area contributed by atoms with Crippen LogP contribution >= 0.6 is 11.3 Å². The second-order valence-corrected chi connectivity index (χ2v) is 6.62. The Morgan fingerprint density at radius 2 is 1.92 bits per heavy atom. The van der Waals surface area contributed by atoms with Crippen LogP contribution in [0.15, 0.2) is 6.33 Å². The summed E-state index contributed by atoms with van der Waals surface area (Å²) < 4.78 is 1.79. The highest BCUT2D eigenvalue weighted by molar-refractivity contribution is 7.20. The zero-order valence-corrected chi connectivity index (χ0v) is 14.5. The fourth-order valence-electron chi connectivity index (χ4n) is 2.41. The average Bonchev–Trinajstić information content (AvgIpc) is 3.22. The van der Waals surface area contributed by atoms with E-state index in [0.29, 0.717) is 21.7 Å². The van der Waals surface area contributed by atoms with Crippen molar-refractivity contribution < 1.29 is 20.1 Å². The minimum absolute atomic E-state index is 0.109. The normalized spacial score (nSPS) is 12.0. The summed E-state index contributed by atoms with van der Waals surface area (Å²) in [4.78, 5) is 26.1. The molecule has 0 radical (unpaired) electrons. The van der Waals surface area contributed by atoms with Crippen molar-refractivity contribution in [2.45, 2.75) is 5.54 Å². The van der Waals surface area contributed by atoms with E-state index in [2.05, 4.69) is 25.6 Å². The Hall–Kier alpha value is -2.34. The van der Waals surface area contributed by atoms with Gasteiger partial charge in [-0.15, -0.1) is 0 Å². The lowest BCUT2D eigenvalue weighted by atomic mass is 10.0. The van der Waals surface area contributed by atoms with Crippen molar-refractivity contribution in [2.24, 2.45) is 7.05 Å². The number of imidazole rings is 1. The molecule has 3 heterocycles. The number of fused-ring (bicyclic) bond motifs is 3. The number of nitrogens with zero attached hydrogens (tertiary/aromatic N) is 4. The number of nitrogens with one attached hydrogen (secondary N) is 2. The third-order valence-corrected chi connectivity index (χ3v) is 4.87. The number of carbonyl (C=O) groups is 1. The third kappa shape index (κ3) is 2.80. The molecular weight excluding hydrogens is 348 g/mol. The molecule has 3 aromatic rings. The summed E-state index contributed by atoms with van der Waals surface area (Å²) in [5.74, 6) is -0.0318. The van der Waals surface area contributed by atoms with Crippen molar-refractivity contribution in [1.29, 1.82) is 0 Å². The van der Waals surface area contributed by atoms with Crippen LogP contribution in [0, 0.1) is 0 Å². The Labute approximate surface area is 146 Å². The van der Waals surface area contributed by atoms with Gasteiger partial charge in [-0.05, 0) is 0 Å². The van der Waals surface area contributed by atoms with Crippen LogP contribution in [0.4, 0.5) is 5.82 Å². The molecule has 0 aliphatic carbocycles. The van der Waals surface area contributed by atoms with Crippen molar-refractivity contribution in [2.75, 3.05) is 32.2 Å². The maximum atomic E-state index is 12.5. The number of pyridine rings is 1. The Kier molecular flexibility index (Phi) is 4.56. The van der Waals surface area contributed by atoms with Crippen molar-refractivity contribution >= 4 is 44.4 Å². The molecule has 0 atom stereocenters. The molecule has 10 nitrogen and oxygen atoms in total. The number of aryl methyl sites for hydroxylation is 1. The Bertz CT molecular complexity index is 924. The van der Waals surface area contributed by atoms with Gasteiger partial charge < -0.3 is 30.5 Å². The van der Waals surface area contributed by atoms with Gasteiger partial charge in [-0.1, -0.05) is 11.3 Å². The van der Waals surface area contributed by atoms with Gasteiger partial charge in [-0.3, -0.25) is 4.79 Å². The Balaban J connectivity index is 2.08. The molecule has 1 amide bonds. The molecule has 0 aliphatic rings. The summed E-state index contributed by atoms with van der Waals surface area (Å²) in [6.07, 6.45) is 1.64. The maximum absolute atomic E-state index is 12.5. The number of thiazole rings is 1. The second kappa shape index (κ2) is 6.52. The first-order chi connectivity index (χ1) is 12.0. The second-order valence-electron chi connectivity index (χ2n) is 5.64. The number of aliphatic hydroxyl groups excluding tert-OH is 3. The largest absolute Gasteiger partial charge is 0.394 e. The molecule has 3 aromatic heterocycles. The van der Waals surface area contributed by atoms with Crippen molar-refractivity contribution in [3.05, 3.63) is 11.3 Å². The number of anilines is 1. The van der Waals surface area contributed by atoms with Crippen LogP contribution in [0.3, 0.4) is 0 Å². The predicted molar refractivity (Wildman–Crippen MR) is 92.7 cm³/mol. The lowest BCUT2D eigenvalue weighted by molar-refractivity contribution is 0.0375. The smallest absolute Gasteiger partial charge is 0.281 e. The van der Waals surface area contributed by atoms with Gasteiger partial charge in [-0.2, -0.15) is 0 Å². The molecule has 0 fully saturated rings. The van der Waals surface area contributed by atoms with Gasteiger partial charge in [0.2, 0.25) is 0 Å². The van der Waals surface area contributed by atoms with Gasteiger partial charge in [-0.25, -0.2) is 15.0 Å². The van der Waals surface area contributed by atoms with E-state index >= 15 is 0 Å². The van der Waals surface area contributed by atoms with Crippen LogP contribution in [0.5, 0.6) is 0 Å². The molecule has 0 saturated heterocycles. The van der Waals surface area contributed by atoms with Gasteiger partial charge in [0.1, 0.15) is 26.9 Å². The van der Waals surface area contributed by atoms with E-state index in [9.17, 15) is 20.1 Å². The van der Waals surface area contributed by atoms with E-state index in [4.69, 9.17) is 0 Å². The minimum atomic E-state index is -1.51. The Morgan fingerprint density at radius 1 is 1.24 bits per heavy atom. The zero-order chi connectivity index (χ0) is 18.2. The first-order valence-corrected chi connectivity index (χ1v) is 8.24. The summed E-state index contributed by atoms with van der Waals surface area (Å²) >= 11 is 1.07. The van der Waals surface area contributed by atoms with Gasteiger partial charge in [0.15, 0.2) is 10.8 Å². The van der Waals surface area contributed by atoms with Crippen LogP contribution in [0.1, 0.15) is 9.80 Å². The molecule has 5 N–H and O–H groups in total. The number of aliphatic hydroxyl groups is 3. The summed E-state index contributed by atoms with van der Waals surface area (Å²) in [6.45, 7) is -1.82. The van der Waals surface area contributed by atoms with E-state index in [-0.39, 0.29) is 5.01 Å². The zero-order valence-electron chi connectivity index (χ0n) is 13.6. The summed E-state index contributed by atoms with van der Waals surface area (Å²) in [7, 11) is 3.55. The first kappa shape index (κ1) is 17.5. The lowest BCUT2D eigenvalue weighted by Crippen LogP contribution is -2.57. The number of aromatic nitrogens is 4. The molecule has 134 valence electrons. The van der Waals surface area contributed by atoms with Gasteiger partial charge in [0.05, 0.1) is 26.1 Å². The third-order valence-electron chi connectivity index (χ3n) is 3.93. The summed E-state index contributed by atoms with van der Waals surface area (Å²) in [5.41, 5.74) is 0.402. The first-order valence-electron chi connectivity index (χ1n) is 7.43. The fourth-order valence-corrected chi connectivity index (χ4v) is 3.25. The Morgan fingerprint density at radius 3 is 2.52 bits per heavy atom. The van der Waals surface area contributed by atoms with Crippen LogP contribution in [0.2, 0.25) is 0 Å². The fraction of sp³-hybridized carbons (Fsp3) is 0.429. The van der Waals surface area contributed by atoms with Gasteiger partial charge >= 0.3 is 0 Å². The van der Waals surface area contributed by atoms with Crippen LogP contribution in [-0.2, 0) is 7.05 Å². The molecular formula is C14H18N6O4S. The number of hydrogen-bond acceptors (Lipinski definition) is 9. The molecule has 25 heavy (non-hydrogen) atoms. The highest BCUT2D eigenvalue weighted by Gasteiger charge is 2.31. The predicted octanol–water partition coefficient (Wildman–Crippen LogP) is -0.935. The monoisotopic (exact) mass is 366 g/mol. The number of rotatable bonds is 6. The number of carbonyl (C=O) groups excluding carboxylic acids is 1. The molecule has 11 heteroatoms. The highest BCUT2D eigenvalue weighted by Crippen LogP contribution is 2.31. The van der Waals surface area contributed by atoms with E-state index in [0.717, 1.165) is 16.9 Å². The molecule has 0 spiro atoms. The quantitative estimate of drug-likeness (QED) is 0.376. The van der Waals surface area contributed by atoms with Crippen molar-refractivity contribution in [1.82, 2.24) is 24.8 Å².